The molecule has 0 aliphatic heterocycles. The second-order valence-corrected chi connectivity index (χ2v) is 7.43. The molecular formula is C14H16N2O3S2. The van der Waals surface area contributed by atoms with Crippen molar-refractivity contribution in [1.82, 2.24) is 9.71 Å². The average molecular weight is 324 g/mol. The van der Waals surface area contributed by atoms with Crippen LogP contribution in [0.25, 0.3) is 10.6 Å². The highest BCUT2D eigenvalue weighted by atomic mass is 32.2. The maximum absolute atomic E-state index is 11.9. The lowest BCUT2D eigenvalue weighted by atomic mass is 10.1. The van der Waals surface area contributed by atoms with Crippen molar-refractivity contribution in [3.8, 4) is 10.6 Å². The second-order valence-electron chi connectivity index (χ2n) is 4.69. The number of aryl methyl sites for hydroxylation is 2. The molecule has 1 amide bonds. The van der Waals surface area contributed by atoms with E-state index in [0.29, 0.717) is 15.6 Å². The van der Waals surface area contributed by atoms with E-state index in [1.165, 1.54) is 16.9 Å². The van der Waals surface area contributed by atoms with Crippen molar-refractivity contribution in [3.05, 3.63) is 40.4 Å². The van der Waals surface area contributed by atoms with Crippen LogP contribution in [-0.4, -0.2) is 25.6 Å². The Bertz CT molecular complexity index is 762. The van der Waals surface area contributed by atoms with Gasteiger partial charge in [0, 0.05) is 5.56 Å². The number of amides is 1. The fraction of sp³-hybridized carbons (Fsp3) is 0.286. The lowest BCUT2D eigenvalue weighted by Gasteiger charge is -2.00. The number of hydrogen-bond acceptors (Lipinski definition) is 5. The van der Waals surface area contributed by atoms with Crippen molar-refractivity contribution in [2.24, 2.45) is 0 Å². The highest BCUT2D eigenvalue weighted by Crippen LogP contribution is 2.28. The van der Waals surface area contributed by atoms with E-state index in [0.717, 1.165) is 18.2 Å². The van der Waals surface area contributed by atoms with E-state index in [2.05, 4.69) is 11.9 Å². The summed E-state index contributed by atoms with van der Waals surface area (Å²) in [6.07, 6.45) is 1.91. The predicted octanol–water partition coefficient (Wildman–Crippen LogP) is 2.37. The zero-order valence-electron chi connectivity index (χ0n) is 12.0. The van der Waals surface area contributed by atoms with E-state index >= 15 is 0 Å². The van der Waals surface area contributed by atoms with Crippen LogP contribution in [0.3, 0.4) is 0 Å². The van der Waals surface area contributed by atoms with Gasteiger partial charge in [0.2, 0.25) is 10.0 Å². The first-order chi connectivity index (χ1) is 9.80. The van der Waals surface area contributed by atoms with Crippen LogP contribution in [0.4, 0.5) is 0 Å². The largest absolute Gasteiger partial charge is 0.276 e. The third-order valence-corrected chi connectivity index (χ3v) is 4.65. The first-order valence-electron chi connectivity index (χ1n) is 6.39. The molecule has 0 saturated carbocycles. The molecule has 1 aromatic carbocycles. The van der Waals surface area contributed by atoms with E-state index in [1.54, 1.807) is 6.92 Å². The third-order valence-electron chi connectivity index (χ3n) is 2.89. The van der Waals surface area contributed by atoms with Gasteiger partial charge in [-0.2, -0.15) is 0 Å². The van der Waals surface area contributed by atoms with Crippen LogP contribution in [-0.2, 0) is 16.4 Å². The molecule has 0 bridgehead atoms. The molecule has 0 fully saturated rings. The molecule has 0 atom stereocenters. The summed E-state index contributed by atoms with van der Waals surface area (Å²) in [6.45, 7) is 3.77. The summed E-state index contributed by atoms with van der Waals surface area (Å²) >= 11 is 1.19. The number of thiazole rings is 1. The zero-order chi connectivity index (χ0) is 15.6. The van der Waals surface area contributed by atoms with Gasteiger partial charge in [0.15, 0.2) is 0 Å². The summed E-state index contributed by atoms with van der Waals surface area (Å²) in [7, 11) is -3.57. The maximum atomic E-state index is 11.9. The van der Waals surface area contributed by atoms with Crippen molar-refractivity contribution in [3.63, 3.8) is 0 Å². The molecule has 0 unspecified atom stereocenters. The summed E-state index contributed by atoms with van der Waals surface area (Å²) in [4.78, 5) is 16.6. The molecule has 2 rings (SSSR count). The van der Waals surface area contributed by atoms with Crippen molar-refractivity contribution in [2.75, 3.05) is 6.26 Å². The Kier molecular flexibility index (Phi) is 4.43. The molecule has 0 spiro atoms. The zero-order valence-corrected chi connectivity index (χ0v) is 13.6. The molecule has 1 aromatic heterocycles. The summed E-state index contributed by atoms with van der Waals surface area (Å²) in [5.74, 6) is -0.635. The van der Waals surface area contributed by atoms with Crippen LogP contribution in [0.1, 0.15) is 27.9 Å². The van der Waals surface area contributed by atoms with Crippen LogP contribution in [0.15, 0.2) is 24.3 Å². The van der Waals surface area contributed by atoms with E-state index in [9.17, 15) is 13.2 Å². The molecule has 0 saturated heterocycles. The maximum Gasteiger partial charge on any atom is 0.276 e. The van der Waals surface area contributed by atoms with Crippen LogP contribution in [0.2, 0.25) is 0 Å². The van der Waals surface area contributed by atoms with Gasteiger partial charge in [0.1, 0.15) is 9.88 Å². The monoisotopic (exact) mass is 324 g/mol. The summed E-state index contributed by atoms with van der Waals surface area (Å²) < 4.78 is 24.2. The van der Waals surface area contributed by atoms with Crippen molar-refractivity contribution in [2.45, 2.75) is 20.3 Å². The van der Waals surface area contributed by atoms with Gasteiger partial charge in [0.05, 0.1) is 11.9 Å². The first kappa shape index (κ1) is 15.7. The van der Waals surface area contributed by atoms with Crippen LogP contribution in [0.5, 0.6) is 0 Å². The minimum Gasteiger partial charge on any atom is -0.267 e. The quantitative estimate of drug-likeness (QED) is 0.937. The normalized spacial score (nSPS) is 11.4. The Morgan fingerprint density at radius 3 is 2.43 bits per heavy atom. The molecule has 5 nitrogen and oxygen atoms in total. The van der Waals surface area contributed by atoms with E-state index in [4.69, 9.17) is 0 Å². The first-order valence-corrected chi connectivity index (χ1v) is 9.10. The Hall–Kier alpha value is -1.73. The van der Waals surface area contributed by atoms with E-state index in [-0.39, 0.29) is 0 Å². The van der Waals surface area contributed by atoms with E-state index < -0.39 is 15.9 Å². The minimum atomic E-state index is -3.57. The summed E-state index contributed by atoms with van der Waals surface area (Å²) in [5, 5.41) is 0.703. The van der Waals surface area contributed by atoms with Crippen molar-refractivity contribution in [1.29, 1.82) is 0 Å². The second kappa shape index (κ2) is 5.95. The number of aromatic nitrogens is 1. The Morgan fingerprint density at radius 1 is 1.29 bits per heavy atom. The SMILES string of the molecule is CCc1ccc(-c2nc(C)c(C(=O)NS(C)(=O)=O)s2)cc1. The molecule has 112 valence electrons. The average Bonchev–Trinajstić information content (AvgIpc) is 2.79. The molecule has 7 heteroatoms. The smallest absolute Gasteiger partial charge is 0.267 e. The third kappa shape index (κ3) is 3.89. The topological polar surface area (TPSA) is 76.1 Å². The van der Waals surface area contributed by atoms with E-state index in [1.807, 2.05) is 29.0 Å². The lowest BCUT2D eigenvalue weighted by molar-refractivity contribution is 0.0985. The Balaban J connectivity index is 2.32. The summed E-state index contributed by atoms with van der Waals surface area (Å²) in [5.41, 5.74) is 2.66. The van der Waals surface area contributed by atoms with Gasteiger partial charge in [-0.3, -0.25) is 4.79 Å². The van der Waals surface area contributed by atoms with Crippen LogP contribution in [0, 0.1) is 6.92 Å². The molecular weight excluding hydrogens is 308 g/mol. The number of carbonyl (C=O) groups excluding carboxylic acids is 1. The van der Waals surface area contributed by atoms with Gasteiger partial charge in [0.25, 0.3) is 5.91 Å². The van der Waals surface area contributed by atoms with Gasteiger partial charge in [-0.25, -0.2) is 18.1 Å². The fourth-order valence-electron chi connectivity index (χ4n) is 1.83. The van der Waals surface area contributed by atoms with Gasteiger partial charge in [-0.05, 0) is 18.9 Å². The van der Waals surface area contributed by atoms with Gasteiger partial charge >= 0.3 is 0 Å². The fourth-order valence-corrected chi connectivity index (χ4v) is 3.30. The molecule has 1 heterocycles. The molecule has 0 aliphatic carbocycles. The molecule has 2 aromatic rings. The number of carbonyl (C=O) groups is 1. The number of sulfonamides is 1. The van der Waals surface area contributed by atoms with Crippen molar-refractivity contribution < 1.29 is 13.2 Å². The number of nitrogens with one attached hydrogen (secondary N) is 1. The van der Waals surface area contributed by atoms with Gasteiger partial charge in [-0.15, -0.1) is 11.3 Å². The highest BCUT2D eigenvalue weighted by molar-refractivity contribution is 7.89. The summed E-state index contributed by atoms with van der Waals surface area (Å²) in [6, 6.07) is 7.94. The molecule has 0 aliphatic rings. The van der Waals surface area contributed by atoms with Crippen molar-refractivity contribution >= 4 is 27.3 Å². The lowest BCUT2D eigenvalue weighted by Crippen LogP contribution is -2.29. The highest BCUT2D eigenvalue weighted by Gasteiger charge is 2.18. The van der Waals surface area contributed by atoms with Gasteiger partial charge in [-0.1, -0.05) is 31.2 Å². The standard InChI is InChI=1S/C14H16N2O3S2/c1-4-10-5-7-11(8-6-10)14-15-9(2)12(20-14)13(17)16-21(3,18)19/h5-8H,4H2,1-3H3,(H,16,17). The number of hydrogen-bond donors (Lipinski definition) is 1. The van der Waals surface area contributed by atoms with Crippen LogP contribution >= 0.6 is 11.3 Å². The number of rotatable bonds is 4. The minimum absolute atomic E-state index is 0.315. The molecule has 0 radical (unpaired) electrons. The number of benzene rings is 1. The Labute approximate surface area is 128 Å². The molecule has 1 N–H and O–H groups in total. The van der Waals surface area contributed by atoms with Crippen LogP contribution < -0.4 is 4.72 Å². The predicted molar refractivity (Wildman–Crippen MR) is 84.0 cm³/mol. The Morgan fingerprint density at radius 2 is 1.90 bits per heavy atom. The number of nitrogens with zero attached hydrogens (tertiary/aromatic N) is 1. The molecule has 21 heavy (non-hydrogen) atoms. The van der Waals surface area contributed by atoms with Gasteiger partial charge < -0.3 is 0 Å².